The van der Waals surface area contributed by atoms with E-state index in [4.69, 9.17) is 14.2 Å². The first kappa shape index (κ1) is 16.0. The van der Waals surface area contributed by atoms with Crippen LogP contribution in [0.3, 0.4) is 0 Å². The molecule has 1 fully saturated rings. The second-order valence-corrected chi connectivity index (χ2v) is 5.97. The van der Waals surface area contributed by atoms with Gasteiger partial charge in [0, 0.05) is 0 Å². The highest BCUT2D eigenvalue weighted by atomic mass is 16.8. The third kappa shape index (κ3) is 3.35. The summed E-state index contributed by atoms with van der Waals surface area (Å²) >= 11 is 0. The molecule has 126 valence electrons. The van der Waals surface area contributed by atoms with Crippen LogP contribution in [0.1, 0.15) is 16.7 Å². The fraction of sp³-hybridized carbons (Fsp3) is 0.182. The Balaban J connectivity index is 1.84. The maximum absolute atomic E-state index is 6.44. The smallest absolute Gasteiger partial charge is 0.183 e. The van der Waals surface area contributed by atoms with Gasteiger partial charge in [0.15, 0.2) is 13.1 Å². The lowest BCUT2D eigenvalue weighted by atomic mass is 9.80. The van der Waals surface area contributed by atoms with Crippen LogP contribution in [0, 0.1) is 0 Å². The van der Waals surface area contributed by atoms with Crippen molar-refractivity contribution >= 4 is 0 Å². The summed E-state index contributed by atoms with van der Waals surface area (Å²) in [7, 11) is 0. The highest BCUT2D eigenvalue weighted by molar-refractivity contribution is 5.47. The molecule has 3 aromatic carbocycles. The Morgan fingerprint density at radius 3 is 1.48 bits per heavy atom. The van der Waals surface area contributed by atoms with Crippen molar-refractivity contribution in [1.82, 2.24) is 0 Å². The quantitative estimate of drug-likeness (QED) is 0.367. The number of hydrogen-bond donors (Lipinski definition) is 0. The molecule has 1 aliphatic heterocycles. The van der Waals surface area contributed by atoms with Crippen LogP contribution in [-0.2, 0) is 19.8 Å². The highest BCUT2D eigenvalue weighted by Crippen LogP contribution is 2.40. The van der Waals surface area contributed by atoms with Crippen molar-refractivity contribution in [1.29, 1.82) is 0 Å². The minimum atomic E-state index is -0.737. The molecule has 3 aromatic rings. The summed E-state index contributed by atoms with van der Waals surface area (Å²) in [6, 6.07) is 30.8. The first-order valence-corrected chi connectivity index (χ1v) is 8.43. The maximum Gasteiger partial charge on any atom is 0.183 e. The lowest BCUT2D eigenvalue weighted by molar-refractivity contribution is -0.134. The molecule has 0 aromatic heterocycles. The van der Waals surface area contributed by atoms with Crippen LogP contribution in [0.15, 0.2) is 91.0 Å². The van der Waals surface area contributed by atoms with Gasteiger partial charge in [-0.1, -0.05) is 91.0 Å². The van der Waals surface area contributed by atoms with Crippen molar-refractivity contribution < 1.29 is 14.2 Å². The van der Waals surface area contributed by atoms with Crippen LogP contribution in [0.25, 0.3) is 0 Å². The van der Waals surface area contributed by atoms with Crippen molar-refractivity contribution in [2.24, 2.45) is 0 Å². The Morgan fingerprint density at radius 1 is 0.720 bits per heavy atom. The van der Waals surface area contributed by atoms with Gasteiger partial charge < -0.3 is 14.2 Å². The van der Waals surface area contributed by atoms with Gasteiger partial charge in [-0.15, -0.1) is 0 Å². The van der Waals surface area contributed by atoms with E-state index in [1.165, 1.54) is 0 Å². The van der Waals surface area contributed by atoms with Gasteiger partial charge >= 0.3 is 0 Å². The molecule has 4 rings (SSSR count). The number of epoxide rings is 1. The molecule has 0 N–H and O–H groups in total. The van der Waals surface area contributed by atoms with Gasteiger partial charge in [-0.3, -0.25) is 0 Å². The minimum absolute atomic E-state index is 0.139. The molecule has 0 saturated carbocycles. The van der Waals surface area contributed by atoms with E-state index in [1.54, 1.807) is 0 Å². The molecular weight excluding hydrogens is 312 g/mol. The van der Waals surface area contributed by atoms with Gasteiger partial charge in [-0.05, 0) is 16.7 Å². The van der Waals surface area contributed by atoms with Gasteiger partial charge in [-0.2, -0.15) is 0 Å². The molecule has 0 amide bonds. The average Bonchev–Trinajstić information content (AvgIpc) is 3.52. The monoisotopic (exact) mass is 332 g/mol. The second kappa shape index (κ2) is 7.19. The van der Waals surface area contributed by atoms with E-state index in [9.17, 15) is 0 Å². The fourth-order valence-electron chi connectivity index (χ4n) is 3.10. The lowest BCUT2D eigenvalue weighted by Crippen LogP contribution is -2.34. The van der Waals surface area contributed by atoms with Gasteiger partial charge in [0.1, 0.15) is 12.2 Å². The van der Waals surface area contributed by atoms with Crippen molar-refractivity contribution in [2.75, 3.05) is 13.4 Å². The van der Waals surface area contributed by atoms with Gasteiger partial charge in [0.2, 0.25) is 0 Å². The summed E-state index contributed by atoms with van der Waals surface area (Å²) in [5, 5.41) is 0. The topological polar surface area (TPSA) is 31.0 Å². The van der Waals surface area contributed by atoms with Crippen molar-refractivity contribution in [3.8, 4) is 0 Å². The molecule has 0 aliphatic carbocycles. The summed E-state index contributed by atoms with van der Waals surface area (Å²) in [4.78, 5) is 0. The van der Waals surface area contributed by atoms with E-state index in [0.717, 1.165) is 16.7 Å². The van der Waals surface area contributed by atoms with Crippen LogP contribution in [0.5, 0.6) is 0 Å². The van der Waals surface area contributed by atoms with Crippen LogP contribution in [0.2, 0.25) is 0 Å². The summed E-state index contributed by atoms with van der Waals surface area (Å²) in [5.41, 5.74) is 2.45. The zero-order chi connectivity index (χ0) is 17.0. The van der Waals surface area contributed by atoms with Crippen molar-refractivity contribution in [3.05, 3.63) is 108 Å². The molecule has 0 radical (unpaired) electrons. The molecule has 0 spiro atoms. The molecular formula is C22H20O3. The van der Waals surface area contributed by atoms with E-state index in [-0.39, 0.29) is 13.1 Å². The average molecular weight is 332 g/mol. The third-order valence-electron chi connectivity index (χ3n) is 4.37. The molecule has 1 saturated heterocycles. The summed E-state index contributed by atoms with van der Waals surface area (Å²) in [6.07, 6.45) is -0.139. The Morgan fingerprint density at radius 2 is 1.12 bits per heavy atom. The van der Waals surface area contributed by atoms with E-state index >= 15 is 0 Å². The zero-order valence-corrected chi connectivity index (χ0v) is 13.9. The highest BCUT2D eigenvalue weighted by Gasteiger charge is 2.38. The molecule has 0 unspecified atom stereocenters. The molecule has 1 aliphatic rings. The number of ether oxygens (including phenoxy) is 3. The summed E-state index contributed by atoms with van der Waals surface area (Å²) < 4.78 is 17.2. The summed E-state index contributed by atoms with van der Waals surface area (Å²) in [5.74, 6) is 0. The van der Waals surface area contributed by atoms with E-state index in [2.05, 4.69) is 36.4 Å². The zero-order valence-electron chi connectivity index (χ0n) is 13.9. The minimum Gasteiger partial charge on any atom is -0.345 e. The Hall–Kier alpha value is -2.46. The second-order valence-electron chi connectivity index (χ2n) is 5.97. The third-order valence-corrected chi connectivity index (χ3v) is 4.37. The fourth-order valence-corrected chi connectivity index (χ4v) is 3.10. The predicted octanol–water partition coefficient (Wildman–Crippen LogP) is 4.33. The Labute approximate surface area is 147 Å². The van der Waals surface area contributed by atoms with Crippen molar-refractivity contribution in [3.63, 3.8) is 0 Å². The molecule has 0 bridgehead atoms. The summed E-state index contributed by atoms with van der Waals surface area (Å²) in [6.45, 7) is 0.793. The molecule has 1 atom stereocenters. The van der Waals surface area contributed by atoms with Crippen molar-refractivity contribution in [2.45, 2.75) is 11.9 Å². The largest absolute Gasteiger partial charge is 0.345 e. The molecule has 25 heavy (non-hydrogen) atoms. The van der Waals surface area contributed by atoms with Crippen LogP contribution >= 0.6 is 0 Å². The Kier molecular flexibility index (Phi) is 4.61. The van der Waals surface area contributed by atoms with Gasteiger partial charge in [0.05, 0.1) is 0 Å². The number of hydrogen-bond acceptors (Lipinski definition) is 3. The standard InChI is InChI=1S/C22H20O3/c1-4-10-18(11-5-1)22(19-12-6-2-7-13-19,20-14-8-3-9-15-20)25-17-24-21-16-23-21/h1-15,21H,16-17H2/t21-/m0/s1. The number of benzene rings is 3. The molecule has 3 nitrogen and oxygen atoms in total. The van der Waals surface area contributed by atoms with E-state index in [1.807, 2.05) is 54.6 Å². The van der Waals surface area contributed by atoms with Crippen LogP contribution in [-0.4, -0.2) is 19.7 Å². The van der Waals surface area contributed by atoms with E-state index < -0.39 is 5.60 Å². The van der Waals surface area contributed by atoms with Gasteiger partial charge in [-0.25, -0.2) is 0 Å². The Bertz CT molecular complexity index is 687. The number of rotatable bonds is 7. The lowest BCUT2D eigenvalue weighted by Gasteiger charge is -2.35. The molecule has 1 heterocycles. The van der Waals surface area contributed by atoms with Gasteiger partial charge in [0.25, 0.3) is 0 Å². The van der Waals surface area contributed by atoms with E-state index in [0.29, 0.717) is 6.61 Å². The van der Waals surface area contributed by atoms with Crippen LogP contribution in [0.4, 0.5) is 0 Å². The first-order chi connectivity index (χ1) is 12.4. The SMILES string of the molecule is c1ccc(C(OCO[C@H]2CO2)(c2ccccc2)c2ccccc2)cc1. The maximum atomic E-state index is 6.44. The normalized spacial score (nSPS) is 16.6. The first-order valence-electron chi connectivity index (χ1n) is 8.43. The van der Waals surface area contributed by atoms with Crippen LogP contribution < -0.4 is 0 Å². The predicted molar refractivity (Wildman–Crippen MR) is 96.0 cm³/mol. The molecule has 3 heteroatoms.